The first-order valence-corrected chi connectivity index (χ1v) is 5.73. The number of aromatic nitrogens is 2. The van der Waals surface area contributed by atoms with Gasteiger partial charge in [-0.3, -0.25) is 4.57 Å². The molecule has 0 saturated carbocycles. The van der Waals surface area contributed by atoms with Crippen molar-refractivity contribution in [1.29, 1.82) is 0 Å². The lowest BCUT2D eigenvalue weighted by Crippen LogP contribution is -1.96. The Bertz CT molecular complexity index is 414. The van der Waals surface area contributed by atoms with Crippen LogP contribution >= 0.6 is 11.8 Å². The van der Waals surface area contributed by atoms with Crippen LogP contribution < -0.4 is 0 Å². The van der Waals surface area contributed by atoms with Gasteiger partial charge in [0, 0.05) is 23.8 Å². The van der Waals surface area contributed by atoms with E-state index in [2.05, 4.69) is 4.98 Å². The molecule has 1 N–H and O–H groups in total. The first-order chi connectivity index (χ1) is 7.42. The average molecular weight is 220 g/mol. The highest BCUT2D eigenvalue weighted by molar-refractivity contribution is 7.99. The number of aliphatic hydroxyl groups excluding tert-OH is 1. The molecule has 2 rings (SSSR count). The minimum Gasteiger partial charge on any atom is -0.396 e. The third-order valence-electron chi connectivity index (χ3n) is 1.96. The zero-order chi connectivity index (χ0) is 10.5. The van der Waals surface area contributed by atoms with E-state index in [0.29, 0.717) is 5.75 Å². The molecular weight excluding hydrogens is 208 g/mol. The maximum absolute atomic E-state index is 8.77. The number of nitrogens with zero attached hydrogens (tertiary/aromatic N) is 2. The van der Waals surface area contributed by atoms with E-state index in [4.69, 9.17) is 5.11 Å². The summed E-state index contributed by atoms with van der Waals surface area (Å²) in [7, 11) is 0. The Kier molecular flexibility index (Phi) is 3.42. The highest BCUT2D eigenvalue weighted by Gasteiger charge is 2.03. The quantitative estimate of drug-likeness (QED) is 0.800. The Labute approximate surface area is 92.8 Å². The molecule has 0 unspecified atom stereocenters. The van der Waals surface area contributed by atoms with Gasteiger partial charge in [-0.15, -0.1) is 0 Å². The molecule has 0 aliphatic carbocycles. The van der Waals surface area contributed by atoms with Crippen LogP contribution in [0.15, 0.2) is 47.9 Å². The molecule has 0 aliphatic rings. The Hall–Kier alpha value is -1.26. The van der Waals surface area contributed by atoms with E-state index in [0.717, 1.165) is 10.8 Å². The molecule has 78 valence electrons. The molecule has 3 nitrogen and oxygen atoms in total. The van der Waals surface area contributed by atoms with Gasteiger partial charge in [-0.2, -0.15) is 0 Å². The van der Waals surface area contributed by atoms with Crippen molar-refractivity contribution in [3.05, 3.63) is 42.7 Å². The monoisotopic (exact) mass is 220 g/mol. The largest absolute Gasteiger partial charge is 0.396 e. The van der Waals surface area contributed by atoms with E-state index in [1.54, 1.807) is 18.0 Å². The second kappa shape index (κ2) is 5.00. The van der Waals surface area contributed by atoms with E-state index < -0.39 is 0 Å². The van der Waals surface area contributed by atoms with Crippen LogP contribution in [-0.4, -0.2) is 27.0 Å². The minimum absolute atomic E-state index is 0.173. The second-order valence-electron chi connectivity index (χ2n) is 2.99. The van der Waals surface area contributed by atoms with Gasteiger partial charge in [0.05, 0.1) is 6.61 Å². The van der Waals surface area contributed by atoms with Crippen LogP contribution in [-0.2, 0) is 0 Å². The number of hydrogen-bond donors (Lipinski definition) is 1. The van der Waals surface area contributed by atoms with Crippen LogP contribution in [0.5, 0.6) is 0 Å². The fourth-order valence-electron chi connectivity index (χ4n) is 1.32. The zero-order valence-electron chi connectivity index (χ0n) is 8.21. The average Bonchev–Trinajstić information content (AvgIpc) is 2.75. The fraction of sp³-hybridized carbons (Fsp3) is 0.182. The summed E-state index contributed by atoms with van der Waals surface area (Å²) < 4.78 is 2.01. The van der Waals surface area contributed by atoms with Crippen molar-refractivity contribution >= 4 is 11.8 Å². The number of rotatable bonds is 4. The predicted octanol–water partition coefficient (Wildman–Crippen LogP) is 1.96. The second-order valence-corrected chi connectivity index (χ2v) is 4.05. The fourth-order valence-corrected chi connectivity index (χ4v) is 2.03. The molecule has 0 fully saturated rings. The molecule has 1 aromatic heterocycles. The van der Waals surface area contributed by atoms with Gasteiger partial charge < -0.3 is 5.11 Å². The van der Waals surface area contributed by atoms with Crippen LogP contribution in [0, 0.1) is 0 Å². The normalized spacial score (nSPS) is 10.5. The van der Waals surface area contributed by atoms with Crippen molar-refractivity contribution in [1.82, 2.24) is 9.55 Å². The van der Waals surface area contributed by atoms with Crippen LogP contribution in [0.2, 0.25) is 0 Å². The molecule has 0 amide bonds. The number of imidazole rings is 1. The first-order valence-electron chi connectivity index (χ1n) is 4.74. The van der Waals surface area contributed by atoms with Crippen LogP contribution in [0.25, 0.3) is 5.69 Å². The van der Waals surface area contributed by atoms with Gasteiger partial charge in [0.1, 0.15) is 0 Å². The standard InChI is InChI=1S/C11H12N2OS/c14-8-9-15-11-12-6-7-13(11)10-4-2-1-3-5-10/h1-7,14H,8-9H2. The molecule has 0 radical (unpaired) electrons. The maximum atomic E-state index is 8.77. The maximum Gasteiger partial charge on any atom is 0.172 e. The number of para-hydroxylation sites is 1. The molecule has 0 bridgehead atoms. The number of hydrogen-bond acceptors (Lipinski definition) is 3. The third kappa shape index (κ3) is 2.40. The SMILES string of the molecule is OCCSc1nccn1-c1ccccc1. The smallest absolute Gasteiger partial charge is 0.172 e. The first kappa shape index (κ1) is 10.3. The molecule has 0 spiro atoms. The Balaban J connectivity index is 2.25. The van der Waals surface area contributed by atoms with Gasteiger partial charge in [0.2, 0.25) is 0 Å². The lowest BCUT2D eigenvalue weighted by molar-refractivity contribution is 0.322. The van der Waals surface area contributed by atoms with Crippen molar-refractivity contribution in [2.45, 2.75) is 5.16 Å². The van der Waals surface area contributed by atoms with Crippen LogP contribution in [0.4, 0.5) is 0 Å². The summed E-state index contributed by atoms with van der Waals surface area (Å²) in [5.41, 5.74) is 1.09. The van der Waals surface area contributed by atoms with Gasteiger partial charge >= 0.3 is 0 Å². The lowest BCUT2D eigenvalue weighted by Gasteiger charge is -2.05. The highest BCUT2D eigenvalue weighted by atomic mass is 32.2. The third-order valence-corrected chi connectivity index (χ3v) is 2.91. The van der Waals surface area contributed by atoms with E-state index in [1.165, 1.54) is 0 Å². The Morgan fingerprint density at radius 3 is 2.80 bits per heavy atom. The van der Waals surface area contributed by atoms with Crippen LogP contribution in [0.1, 0.15) is 0 Å². The van der Waals surface area contributed by atoms with Crippen molar-refractivity contribution in [2.75, 3.05) is 12.4 Å². The van der Waals surface area contributed by atoms with Crippen molar-refractivity contribution in [3.63, 3.8) is 0 Å². The molecule has 4 heteroatoms. The minimum atomic E-state index is 0.173. The molecule has 1 heterocycles. The highest BCUT2D eigenvalue weighted by Crippen LogP contribution is 2.19. The van der Waals surface area contributed by atoms with E-state index in [1.807, 2.05) is 41.1 Å². The molecule has 0 saturated heterocycles. The summed E-state index contributed by atoms with van der Waals surface area (Å²) >= 11 is 1.55. The molecular formula is C11H12N2OS. The molecule has 2 aromatic rings. The van der Waals surface area contributed by atoms with Crippen molar-refractivity contribution in [3.8, 4) is 5.69 Å². The summed E-state index contributed by atoms with van der Waals surface area (Å²) in [4.78, 5) is 4.24. The predicted molar refractivity (Wildman–Crippen MR) is 61.4 cm³/mol. The molecule has 1 aromatic carbocycles. The summed E-state index contributed by atoms with van der Waals surface area (Å²) in [6.07, 6.45) is 3.70. The number of thioether (sulfide) groups is 1. The lowest BCUT2D eigenvalue weighted by atomic mass is 10.3. The van der Waals surface area contributed by atoms with Gasteiger partial charge in [-0.25, -0.2) is 4.98 Å². The molecule has 0 atom stereocenters. The van der Waals surface area contributed by atoms with Crippen molar-refractivity contribution in [2.24, 2.45) is 0 Å². The van der Waals surface area contributed by atoms with E-state index in [-0.39, 0.29) is 6.61 Å². The molecule has 0 aliphatic heterocycles. The Morgan fingerprint density at radius 1 is 1.27 bits per heavy atom. The molecule has 15 heavy (non-hydrogen) atoms. The van der Waals surface area contributed by atoms with Crippen molar-refractivity contribution < 1.29 is 5.11 Å². The van der Waals surface area contributed by atoms with E-state index in [9.17, 15) is 0 Å². The van der Waals surface area contributed by atoms with Gasteiger partial charge in [0.15, 0.2) is 5.16 Å². The van der Waals surface area contributed by atoms with Gasteiger partial charge in [-0.05, 0) is 12.1 Å². The number of benzene rings is 1. The van der Waals surface area contributed by atoms with E-state index >= 15 is 0 Å². The summed E-state index contributed by atoms with van der Waals surface area (Å²) in [6.45, 7) is 0.173. The zero-order valence-corrected chi connectivity index (χ0v) is 9.02. The van der Waals surface area contributed by atoms with Gasteiger partial charge in [0.25, 0.3) is 0 Å². The number of aliphatic hydroxyl groups is 1. The summed E-state index contributed by atoms with van der Waals surface area (Å²) in [5.74, 6) is 0.670. The topological polar surface area (TPSA) is 38.1 Å². The van der Waals surface area contributed by atoms with Crippen LogP contribution in [0.3, 0.4) is 0 Å². The Morgan fingerprint density at radius 2 is 2.07 bits per heavy atom. The van der Waals surface area contributed by atoms with Gasteiger partial charge in [-0.1, -0.05) is 30.0 Å². The summed E-state index contributed by atoms with van der Waals surface area (Å²) in [6, 6.07) is 10.0. The summed E-state index contributed by atoms with van der Waals surface area (Å²) in [5, 5.41) is 9.68.